The van der Waals surface area contributed by atoms with Crippen LogP contribution in [0.4, 0.5) is 5.82 Å². The molecule has 0 amide bonds. The van der Waals surface area contributed by atoms with E-state index in [1.54, 1.807) is 0 Å². The molecule has 88 valence electrons. The molecule has 6 heteroatoms. The molecule has 1 aromatic heterocycles. The van der Waals surface area contributed by atoms with Crippen molar-refractivity contribution in [3.05, 3.63) is 11.9 Å². The summed E-state index contributed by atoms with van der Waals surface area (Å²) in [5.41, 5.74) is 6.17. The third-order valence-electron chi connectivity index (χ3n) is 2.75. The first-order valence-corrected chi connectivity index (χ1v) is 5.23. The van der Waals surface area contributed by atoms with Crippen molar-refractivity contribution in [1.29, 1.82) is 0 Å². The molecule has 2 rings (SSSR count). The van der Waals surface area contributed by atoms with Crippen LogP contribution in [0.5, 0.6) is 5.88 Å². The Balaban J connectivity index is 2.25. The summed E-state index contributed by atoms with van der Waals surface area (Å²) in [5, 5.41) is 9.62. The van der Waals surface area contributed by atoms with Crippen molar-refractivity contribution in [2.45, 2.75) is 25.6 Å². The molecule has 0 aliphatic carbocycles. The van der Waals surface area contributed by atoms with E-state index in [4.69, 9.17) is 15.2 Å². The molecule has 16 heavy (non-hydrogen) atoms. The van der Waals surface area contributed by atoms with Crippen LogP contribution >= 0.6 is 0 Å². The highest BCUT2D eigenvalue weighted by atomic mass is 16.7. The summed E-state index contributed by atoms with van der Waals surface area (Å²) >= 11 is 0. The zero-order valence-corrected chi connectivity index (χ0v) is 9.14. The Morgan fingerprint density at radius 1 is 1.44 bits per heavy atom. The number of hydrogen-bond acceptors (Lipinski definition) is 6. The van der Waals surface area contributed by atoms with Gasteiger partial charge in [-0.1, -0.05) is 6.92 Å². The molecule has 2 heterocycles. The molecule has 1 aliphatic heterocycles. The zero-order valence-electron chi connectivity index (χ0n) is 9.14. The minimum atomic E-state index is -0.698. The van der Waals surface area contributed by atoms with Crippen molar-refractivity contribution in [2.24, 2.45) is 0 Å². The van der Waals surface area contributed by atoms with E-state index in [0.29, 0.717) is 31.6 Å². The Morgan fingerprint density at radius 3 is 2.69 bits per heavy atom. The van der Waals surface area contributed by atoms with E-state index in [1.807, 2.05) is 6.92 Å². The number of anilines is 1. The molecule has 0 radical (unpaired) electrons. The quantitative estimate of drug-likeness (QED) is 0.776. The van der Waals surface area contributed by atoms with E-state index < -0.39 is 5.79 Å². The van der Waals surface area contributed by atoms with Crippen LogP contribution in [0.2, 0.25) is 0 Å². The Bertz CT molecular complexity index is 357. The highest BCUT2D eigenvalue weighted by molar-refractivity contribution is 5.44. The van der Waals surface area contributed by atoms with E-state index in [0.717, 1.165) is 0 Å². The van der Waals surface area contributed by atoms with Gasteiger partial charge in [0.05, 0.1) is 18.8 Å². The van der Waals surface area contributed by atoms with Gasteiger partial charge in [0.1, 0.15) is 12.1 Å². The monoisotopic (exact) mass is 225 g/mol. The van der Waals surface area contributed by atoms with Crippen molar-refractivity contribution >= 4 is 5.82 Å². The average Bonchev–Trinajstić information content (AvgIpc) is 2.73. The maximum Gasteiger partial charge on any atom is 0.219 e. The minimum Gasteiger partial charge on any atom is -0.493 e. The predicted molar refractivity (Wildman–Crippen MR) is 56.7 cm³/mol. The van der Waals surface area contributed by atoms with Gasteiger partial charge in [-0.3, -0.25) is 0 Å². The van der Waals surface area contributed by atoms with Crippen molar-refractivity contribution in [3.63, 3.8) is 0 Å². The number of aromatic hydroxyl groups is 1. The summed E-state index contributed by atoms with van der Waals surface area (Å²) in [5.74, 6) is -0.546. The fraction of sp³-hybridized carbons (Fsp3) is 0.600. The number of nitrogens with two attached hydrogens (primary N) is 1. The maximum atomic E-state index is 9.62. The smallest absolute Gasteiger partial charge is 0.219 e. The third kappa shape index (κ3) is 1.94. The molecule has 1 aliphatic rings. The average molecular weight is 225 g/mol. The fourth-order valence-electron chi connectivity index (χ4n) is 1.78. The number of rotatable bonds is 3. The molecule has 0 bridgehead atoms. The second-order valence-corrected chi connectivity index (χ2v) is 3.70. The largest absolute Gasteiger partial charge is 0.493 e. The molecule has 0 aromatic carbocycles. The van der Waals surface area contributed by atoms with Gasteiger partial charge in [-0.15, -0.1) is 0 Å². The lowest BCUT2D eigenvalue weighted by Gasteiger charge is -2.26. The second-order valence-electron chi connectivity index (χ2n) is 3.70. The van der Waals surface area contributed by atoms with Crippen molar-refractivity contribution in [2.75, 3.05) is 18.9 Å². The molecule has 0 spiro atoms. The first kappa shape index (κ1) is 11.1. The van der Waals surface area contributed by atoms with Gasteiger partial charge >= 0.3 is 0 Å². The third-order valence-corrected chi connectivity index (χ3v) is 2.75. The van der Waals surface area contributed by atoms with Crippen LogP contribution in [0.1, 0.15) is 18.9 Å². The molecule has 0 unspecified atom stereocenters. The first-order chi connectivity index (χ1) is 7.67. The highest BCUT2D eigenvalue weighted by Gasteiger charge is 2.36. The van der Waals surface area contributed by atoms with E-state index in [9.17, 15) is 5.11 Å². The van der Waals surface area contributed by atoms with E-state index in [1.165, 1.54) is 6.33 Å². The normalized spacial score (nSPS) is 18.8. The molecule has 0 saturated carbocycles. The lowest BCUT2D eigenvalue weighted by atomic mass is 10.0. The lowest BCUT2D eigenvalue weighted by Crippen LogP contribution is -2.32. The van der Waals surface area contributed by atoms with Gasteiger partial charge in [0.15, 0.2) is 5.79 Å². The number of hydrogen-bond donors (Lipinski definition) is 2. The Kier molecular flexibility index (Phi) is 2.93. The molecule has 6 nitrogen and oxygen atoms in total. The molecule has 1 aromatic rings. The number of ether oxygens (including phenoxy) is 2. The van der Waals surface area contributed by atoms with Gasteiger partial charge in [-0.2, -0.15) is 0 Å². The van der Waals surface area contributed by atoms with Crippen LogP contribution in [0.25, 0.3) is 0 Å². The standard InChI is InChI=1S/C10H15N3O3/c1-2-10(15-3-4-16-10)5-7-8(11)12-6-13-9(7)14/h6H,2-5H2,1H3,(H3,11,12,13,14). The van der Waals surface area contributed by atoms with Crippen molar-refractivity contribution < 1.29 is 14.6 Å². The number of aromatic nitrogens is 2. The van der Waals surface area contributed by atoms with Gasteiger partial charge in [0.2, 0.25) is 5.88 Å². The fourth-order valence-corrected chi connectivity index (χ4v) is 1.78. The summed E-state index contributed by atoms with van der Waals surface area (Å²) in [7, 11) is 0. The van der Waals surface area contributed by atoms with E-state index in [2.05, 4.69) is 9.97 Å². The maximum absolute atomic E-state index is 9.62. The SMILES string of the molecule is CCC1(Cc2c(N)ncnc2O)OCCO1. The molecular formula is C10H15N3O3. The van der Waals surface area contributed by atoms with E-state index in [-0.39, 0.29) is 11.7 Å². The molecule has 0 atom stereocenters. The van der Waals surface area contributed by atoms with E-state index >= 15 is 0 Å². The predicted octanol–water partition coefficient (Wildman–Crippen LogP) is 0.460. The molecule has 1 fully saturated rings. The summed E-state index contributed by atoms with van der Waals surface area (Å²) in [6.45, 7) is 3.08. The lowest BCUT2D eigenvalue weighted by molar-refractivity contribution is -0.157. The summed E-state index contributed by atoms with van der Waals surface area (Å²) < 4.78 is 11.1. The zero-order chi connectivity index (χ0) is 11.6. The summed E-state index contributed by atoms with van der Waals surface area (Å²) in [6, 6.07) is 0. The van der Waals surface area contributed by atoms with Crippen molar-refractivity contribution in [3.8, 4) is 5.88 Å². The summed E-state index contributed by atoms with van der Waals surface area (Å²) in [6.07, 6.45) is 2.27. The molecule has 1 saturated heterocycles. The van der Waals surface area contributed by atoms with Crippen LogP contribution in [-0.4, -0.2) is 34.1 Å². The number of nitrogen functional groups attached to an aromatic ring is 1. The number of nitrogens with zero attached hydrogens (tertiary/aromatic N) is 2. The van der Waals surface area contributed by atoms with Gasteiger partial charge in [-0.25, -0.2) is 9.97 Å². The Hall–Kier alpha value is -1.40. The molecule has 3 N–H and O–H groups in total. The topological polar surface area (TPSA) is 90.5 Å². The highest BCUT2D eigenvalue weighted by Crippen LogP contribution is 2.31. The minimum absolute atomic E-state index is 0.112. The summed E-state index contributed by atoms with van der Waals surface area (Å²) in [4.78, 5) is 7.54. The van der Waals surface area contributed by atoms with Gasteiger partial charge in [0.25, 0.3) is 0 Å². The Morgan fingerprint density at radius 2 is 2.12 bits per heavy atom. The van der Waals surface area contributed by atoms with Crippen molar-refractivity contribution in [1.82, 2.24) is 9.97 Å². The Labute approximate surface area is 93.4 Å². The van der Waals surface area contributed by atoms with Crippen LogP contribution < -0.4 is 5.73 Å². The van der Waals surface area contributed by atoms with Crippen LogP contribution in [-0.2, 0) is 15.9 Å². The van der Waals surface area contributed by atoms with Crippen LogP contribution in [0.3, 0.4) is 0 Å². The second kappa shape index (κ2) is 4.23. The first-order valence-electron chi connectivity index (χ1n) is 5.23. The van der Waals surface area contributed by atoms with Crippen LogP contribution in [0.15, 0.2) is 6.33 Å². The van der Waals surface area contributed by atoms with Gasteiger partial charge in [-0.05, 0) is 6.42 Å². The van der Waals surface area contributed by atoms with Gasteiger partial charge < -0.3 is 20.3 Å². The van der Waals surface area contributed by atoms with Crippen LogP contribution in [0, 0.1) is 0 Å². The molecular weight excluding hydrogens is 210 g/mol. The van der Waals surface area contributed by atoms with Gasteiger partial charge in [0, 0.05) is 6.42 Å².